The van der Waals surface area contributed by atoms with Crippen LogP contribution in [0, 0.1) is 5.92 Å². The van der Waals surface area contributed by atoms with E-state index in [1.165, 1.54) is 4.90 Å². The molecule has 0 N–H and O–H groups in total. The van der Waals surface area contributed by atoms with E-state index in [-0.39, 0.29) is 17.7 Å². The van der Waals surface area contributed by atoms with Gasteiger partial charge in [-0.1, -0.05) is 22.9 Å². The van der Waals surface area contributed by atoms with Crippen molar-refractivity contribution in [2.45, 2.75) is 32.7 Å². The zero-order chi connectivity index (χ0) is 14.3. The number of likely N-dealkylation sites (tertiary alicyclic amines) is 1. The quantitative estimate of drug-likeness (QED) is 0.779. The fraction of sp³-hybridized carbons (Fsp3) is 0.467. The molecule has 0 aromatic heterocycles. The summed E-state index contributed by atoms with van der Waals surface area (Å²) in [5, 5.41) is 0. The summed E-state index contributed by atoms with van der Waals surface area (Å²) in [7, 11) is 0. The molecule has 1 aromatic rings. The molecule has 2 amide bonds. The maximum Gasteiger partial charge on any atom is 0.229 e. The van der Waals surface area contributed by atoms with Crippen LogP contribution in [0.2, 0.25) is 0 Å². The summed E-state index contributed by atoms with van der Waals surface area (Å²) in [6.07, 6.45) is 1.77. The molecule has 0 bridgehead atoms. The molecule has 0 unspecified atom stereocenters. The lowest BCUT2D eigenvalue weighted by atomic mass is 9.97. The molecule has 0 spiro atoms. The van der Waals surface area contributed by atoms with Gasteiger partial charge in [0.15, 0.2) is 0 Å². The molecule has 2 aliphatic heterocycles. The maximum atomic E-state index is 12.1. The second-order valence-corrected chi connectivity index (χ2v) is 6.45. The standard InChI is InChI=1S/C15H16BrNO3/c1-9-4-13(18)17(14(19)5-9)8-11-7-12(16)6-10-2-3-20-15(10)11/h6-7,9H,2-5,8H2,1H3. The Labute approximate surface area is 126 Å². The largest absolute Gasteiger partial charge is 0.493 e. The number of benzene rings is 1. The SMILES string of the molecule is CC1CC(=O)N(Cc2cc(Br)cc3c2OCC3)C(=O)C1. The Bertz CT molecular complexity index is 567. The van der Waals surface area contributed by atoms with Gasteiger partial charge in [-0.15, -0.1) is 0 Å². The van der Waals surface area contributed by atoms with Gasteiger partial charge in [0.05, 0.1) is 13.2 Å². The first-order valence-electron chi connectivity index (χ1n) is 6.82. The maximum absolute atomic E-state index is 12.1. The number of hydrogen-bond acceptors (Lipinski definition) is 3. The highest BCUT2D eigenvalue weighted by molar-refractivity contribution is 9.10. The van der Waals surface area contributed by atoms with Crippen molar-refractivity contribution in [1.82, 2.24) is 4.90 Å². The minimum atomic E-state index is -0.0829. The van der Waals surface area contributed by atoms with Crippen molar-refractivity contribution in [2.24, 2.45) is 5.92 Å². The number of piperidine rings is 1. The lowest BCUT2D eigenvalue weighted by molar-refractivity contribution is -0.150. The fourth-order valence-electron chi connectivity index (χ4n) is 2.84. The van der Waals surface area contributed by atoms with Crippen LogP contribution in [-0.2, 0) is 22.6 Å². The summed E-state index contributed by atoms with van der Waals surface area (Å²) in [6, 6.07) is 3.97. The van der Waals surface area contributed by atoms with Crippen molar-refractivity contribution in [1.29, 1.82) is 0 Å². The zero-order valence-electron chi connectivity index (χ0n) is 11.3. The van der Waals surface area contributed by atoms with Crippen LogP contribution in [0.3, 0.4) is 0 Å². The molecule has 0 aliphatic carbocycles. The number of ether oxygens (including phenoxy) is 1. The molecule has 106 valence electrons. The number of amides is 2. The lowest BCUT2D eigenvalue weighted by Crippen LogP contribution is -2.42. The van der Waals surface area contributed by atoms with Crippen molar-refractivity contribution in [3.63, 3.8) is 0 Å². The second-order valence-electron chi connectivity index (χ2n) is 5.54. The molecule has 20 heavy (non-hydrogen) atoms. The van der Waals surface area contributed by atoms with E-state index in [2.05, 4.69) is 15.9 Å². The molecule has 2 heterocycles. The predicted molar refractivity (Wildman–Crippen MR) is 77.3 cm³/mol. The summed E-state index contributed by atoms with van der Waals surface area (Å²) >= 11 is 3.48. The normalized spacial score (nSPS) is 19.2. The number of carbonyl (C=O) groups excluding carboxylic acids is 2. The third kappa shape index (κ3) is 2.46. The number of imide groups is 1. The van der Waals surface area contributed by atoms with E-state index >= 15 is 0 Å². The Hall–Kier alpha value is -1.36. The highest BCUT2D eigenvalue weighted by atomic mass is 79.9. The van der Waals surface area contributed by atoms with Gasteiger partial charge in [-0.3, -0.25) is 14.5 Å². The Morgan fingerprint density at radius 1 is 1.30 bits per heavy atom. The van der Waals surface area contributed by atoms with E-state index in [1.54, 1.807) is 0 Å². The monoisotopic (exact) mass is 337 g/mol. The van der Waals surface area contributed by atoms with Crippen LogP contribution in [0.1, 0.15) is 30.9 Å². The topological polar surface area (TPSA) is 46.6 Å². The predicted octanol–water partition coefficient (Wildman–Crippen LogP) is 2.67. The van der Waals surface area contributed by atoms with Gasteiger partial charge in [-0.25, -0.2) is 0 Å². The van der Waals surface area contributed by atoms with Crippen molar-refractivity contribution < 1.29 is 14.3 Å². The smallest absolute Gasteiger partial charge is 0.229 e. The van der Waals surface area contributed by atoms with Crippen LogP contribution >= 0.6 is 15.9 Å². The average molecular weight is 338 g/mol. The summed E-state index contributed by atoms with van der Waals surface area (Å²) in [5.41, 5.74) is 2.04. The van der Waals surface area contributed by atoms with Crippen molar-refractivity contribution in [3.8, 4) is 5.75 Å². The summed E-state index contributed by atoms with van der Waals surface area (Å²) in [6.45, 7) is 2.91. The molecule has 5 heteroatoms. The zero-order valence-corrected chi connectivity index (χ0v) is 12.9. The number of hydrogen-bond donors (Lipinski definition) is 0. The van der Waals surface area contributed by atoms with Gasteiger partial charge in [0, 0.05) is 29.3 Å². The lowest BCUT2D eigenvalue weighted by Gasteiger charge is -2.28. The van der Waals surface area contributed by atoms with Gasteiger partial charge in [0.2, 0.25) is 11.8 Å². The number of nitrogens with zero attached hydrogens (tertiary/aromatic N) is 1. The third-order valence-electron chi connectivity index (χ3n) is 3.80. The van der Waals surface area contributed by atoms with E-state index < -0.39 is 0 Å². The molecule has 0 saturated carbocycles. The summed E-state index contributed by atoms with van der Waals surface area (Å²) < 4.78 is 6.61. The molecular formula is C15H16BrNO3. The van der Waals surface area contributed by atoms with Crippen LogP contribution < -0.4 is 4.74 Å². The first kappa shape index (κ1) is 13.6. The molecule has 1 aromatic carbocycles. The van der Waals surface area contributed by atoms with Crippen LogP contribution in [0.15, 0.2) is 16.6 Å². The Balaban J connectivity index is 1.88. The van der Waals surface area contributed by atoms with E-state index in [0.717, 1.165) is 27.8 Å². The first-order valence-corrected chi connectivity index (χ1v) is 7.61. The Morgan fingerprint density at radius 2 is 2.00 bits per heavy atom. The molecule has 2 aliphatic rings. The van der Waals surface area contributed by atoms with Crippen LogP contribution in [-0.4, -0.2) is 23.3 Å². The van der Waals surface area contributed by atoms with E-state index in [0.29, 0.717) is 26.0 Å². The molecule has 1 saturated heterocycles. The van der Waals surface area contributed by atoms with Crippen LogP contribution in [0.5, 0.6) is 5.75 Å². The third-order valence-corrected chi connectivity index (χ3v) is 4.26. The Kier molecular flexibility index (Phi) is 3.54. The molecule has 0 atom stereocenters. The van der Waals surface area contributed by atoms with E-state index in [1.807, 2.05) is 19.1 Å². The van der Waals surface area contributed by atoms with E-state index in [9.17, 15) is 9.59 Å². The number of carbonyl (C=O) groups is 2. The number of rotatable bonds is 2. The highest BCUT2D eigenvalue weighted by Gasteiger charge is 2.31. The van der Waals surface area contributed by atoms with Gasteiger partial charge < -0.3 is 4.74 Å². The van der Waals surface area contributed by atoms with Crippen molar-refractivity contribution in [2.75, 3.05) is 6.61 Å². The van der Waals surface area contributed by atoms with Gasteiger partial charge in [0.1, 0.15) is 5.75 Å². The molecule has 3 rings (SSSR count). The summed E-state index contributed by atoms with van der Waals surface area (Å²) in [5.74, 6) is 0.823. The minimum Gasteiger partial charge on any atom is -0.493 e. The molecule has 0 radical (unpaired) electrons. The van der Waals surface area contributed by atoms with Gasteiger partial charge in [-0.2, -0.15) is 0 Å². The summed E-state index contributed by atoms with van der Waals surface area (Å²) in [4.78, 5) is 25.5. The second kappa shape index (κ2) is 5.20. The number of fused-ring (bicyclic) bond motifs is 1. The van der Waals surface area contributed by atoms with E-state index in [4.69, 9.17) is 4.74 Å². The fourth-order valence-corrected chi connectivity index (χ4v) is 3.39. The van der Waals surface area contributed by atoms with Crippen LogP contribution in [0.4, 0.5) is 0 Å². The van der Waals surface area contributed by atoms with Gasteiger partial charge in [0.25, 0.3) is 0 Å². The van der Waals surface area contributed by atoms with Gasteiger partial charge >= 0.3 is 0 Å². The number of halogens is 1. The minimum absolute atomic E-state index is 0.0829. The first-order chi connectivity index (χ1) is 9.54. The van der Waals surface area contributed by atoms with Crippen molar-refractivity contribution in [3.05, 3.63) is 27.7 Å². The molecule has 4 nitrogen and oxygen atoms in total. The van der Waals surface area contributed by atoms with Crippen LogP contribution in [0.25, 0.3) is 0 Å². The van der Waals surface area contributed by atoms with Gasteiger partial charge in [-0.05, 0) is 23.6 Å². The average Bonchev–Trinajstić information content (AvgIpc) is 2.81. The van der Waals surface area contributed by atoms with Crippen molar-refractivity contribution >= 4 is 27.7 Å². The molecular weight excluding hydrogens is 322 g/mol. The molecule has 1 fully saturated rings. The Morgan fingerprint density at radius 3 is 2.70 bits per heavy atom. The highest BCUT2D eigenvalue weighted by Crippen LogP contribution is 2.34.